The first-order chi connectivity index (χ1) is 13.4. The van der Waals surface area contributed by atoms with Gasteiger partial charge in [0, 0.05) is 5.92 Å². The molecule has 28 heavy (non-hydrogen) atoms. The molecule has 0 fully saturated rings. The van der Waals surface area contributed by atoms with Crippen LogP contribution in [-0.2, 0) is 0 Å². The lowest BCUT2D eigenvalue weighted by molar-refractivity contribution is 0.414. The zero-order valence-corrected chi connectivity index (χ0v) is 16.6. The highest BCUT2D eigenvalue weighted by Crippen LogP contribution is 2.31. The first-order valence-electron chi connectivity index (χ1n) is 9.05. The van der Waals surface area contributed by atoms with Crippen LogP contribution in [0.2, 0.25) is 0 Å². The van der Waals surface area contributed by atoms with Crippen molar-refractivity contribution < 1.29 is 4.74 Å². The summed E-state index contributed by atoms with van der Waals surface area (Å²) in [5, 5.41) is 0. The van der Waals surface area contributed by atoms with Crippen molar-refractivity contribution in [3.05, 3.63) is 64.8 Å². The van der Waals surface area contributed by atoms with E-state index >= 15 is 0 Å². The summed E-state index contributed by atoms with van der Waals surface area (Å²) in [5.74, 6) is 7.60. The topological polar surface area (TPSA) is 87.0 Å². The Morgan fingerprint density at radius 1 is 1.04 bits per heavy atom. The Bertz CT molecular complexity index is 1060. The van der Waals surface area contributed by atoms with Crippen molar-refractivity contribution in [2.75, 3.05) is 18.6 Å². The van der Waals surface area contributed by atoms with Crippen LogP contribution in [0.25, 0.3) is 11.1 Å². The number of anilines is 2. The molecule has 0 saturated heterocycles. The number of nitrogens with two attached hydrogens (primary N) is 2. The molecule has 0 saturated carbocycles. The molecule has 4 N–H and O–H groups in total. The number of methoxy groups -OCH3 is 1. The van der Waals surface area contributed by atoms with Gasteiger partial charge in [-0.25, -0.2) is 4.98 Å². The molecule has 0 radical (unpaired) electrons. The highest BCUT2D eigenvalue weighted by molar-refractivity contribution is 5.70. The summed E-state index contributed by atoms with van der Waals surface area (Å²) in [6.45, 7) is 5.97. The average molecular weight is 372 g/mol. The molecular formula is C23H24N4O. The van der Waals surface area contributed by atoms with Crippen molar-refractivity contribution in [2.24, 2.45) is 0 Å². The molecule has 0 unspecified atom stereocenters. The maximum Gasteiger partial charge on any atom is 0.222 e. The van der Waals surface area contributed by atoms with Gasteiger partial charge in [-0.3, -0.25) is 0 Å². The minimum atomic E-state index is -0.0331. The fourth-order valence-corrected chi connectivity index (χ4v) is 3.08. The van der Waals surface area contributed by atoms with Gasteiger partial charge in [-0.15, -0.1) is 0 Å². The molecule has 5 heteroatoms. The molecule has 142 valence electrons. The molecule has 1 atom stereocenters. The second kappa shape index (κ2) is 8.01. The van der Waals surface area contributed by atoms with Gasteiger partial charge in [-0.05, 0) is 61.2 Å². The van der Waals surface area contributed by atoms with Crippen LogP contribution in [0.5, 0.6) is 5.75 Å². The van der Waals surface area contributed by atoms with E-state index in [9.17, 15) is 0 Å². The lowest BCUT2D eigenvalue weighted by Crippen LogP contribution is -2.05. The molecule has 3 rings (SSSR count). The van der Waals surface area contributed by atoms with Crippen molar-refractivity contribution in [3.8, 4) is 28.7 Å². The van der Waals surface area contributed by atoms with Gasteiger partial charge >= 0.3 is 0 Å². The van der Waals surface area contributed by atoms with E-state index in [-0.39, 0.29) is 11.9 Å². The highest BCUT2D eigenvalue weighted by atomic mass is 16.5. The standard InChI is InChI=1S/C23H24N4O/c1-14(9-10-21-16(3)26-23(25)27-22(21)24)17-11-18(13-19(12-17)28-4)20-8-6-5-7-15(20)2/h5-8,11-14H,1-4H3,(H4,24,25,26,27)/t14-/m1/s1. The van der Waals surface area contributed by atoms with Crippen LogP contribution in [0.15, 0.2) is 42.5 Å². The highest BCUT2D eigenvalue weighted by Gasteiger charge is 2.10. The molecule has 3 aromatic rings. The number of nitrogens with zero attached hydrogens (tertiary/aromatic N) is 2. The van der Waals surface area contributed by atoms with Crippen LogP contribution >= 0.6 is 0 Å². The molecule has 5 nitrogen and oxygen atoms in total. The molecule has 1 aromatic heterocycles. The number of aromatic nitrogens is 2. The zero-order chi connectivity index (χ0) is 20.3. The van der Waals surface area contributed by atoms with E-state index in [1.807, 2.05) is 38.1 Å². The quantitative estimate of drug-likeness (QED) is 0.676. The third-order valence-electron chi connectivity index (χ3n) is 4.67. The average Bonchev–Trinajstić information content (AvgIpc) is 2.67. The largest absolute Gasteiger partial charge is 0.497 e. The first kappa shape index (κ1) is 19.2. The Hall–Kier alpha value is -3.52. The van der Waals surface area contributed by atoms with Crippen molar-refractivity contribution >= 4 is 11.8 Å². The molecule has 0 spiro atoms. The maximum absolute atomic E-state index is 5.96. The zero-order valence-electron chi connectivity index (χ0n) is 16.6. The monoisotopic (exact) mass is 372 g/mol. The van der Waals surface area contributed by atoms with Crippen molar-refractivity contribution in [2.45, 2.75) is 26.7 Å². The van der Waals surface area contributed by atoms with E-state index in [1.54, 1.807) is 7.11 Å². The SMILES string of the molecule is COc1cc(-c2ccccc2C)cc([C@H](C)C#Cc2c(C)nc(N)nc2N)c1. The predicted molar refractivity (Wildman–Crippen MR) is 114 cm³/mol. The van der Waals surface area contributed by atoms with Gasteiger partial charge < -0.3 is 16.2 Å². The summed E-state index contributed by atoms with van der Waals surface area (Å²) in [6.07, 6.45) is 0. The molecule has 0 amide bonds. The van der Waals surface area contributed by atoms with Crippen LogP contribution in [0, 0.1) is 25.7 Å². The lowest BCUT2D eigenvalue weighted by Gasteiger charge is -2.13. The molecule has 2 aromatic carbocycles. The van der Waals surface area contributed by atoms with Gasteiger partial charge in [-0.1, -0.05) is 36.1 Å². The Kier molecular flexibility index (Phi) is 5.51. The molecular weight excluding hydrogens is 348 g/mol. The Morgan fingerprint density at radius 3 is 2.46 bits per heavy atom. The van der Waals surface area contributed by atoms with E-state index < -0.39 is 0 Å². The van der Waals surface area contributed by atoms with Crippen LogP contribution in [0.4, 0.5) is 11.8 Å². The summed E-state index contributed by atoms with van der Waals surface area (Å²) in [6, 6.07) is 14.5. The van der Waals surface area contributed by atoms with Gasteiger partial charge in [0.1, 0.15) is 11.6 Å². The third kappa shape index (κ3) is 4.07. The van der Waals surface area contributed by atoms with E-state index in [1.165, 1.54) is 11.1 Å². The molecule has 0 aliphatic rings. The summed E-state index contributed by atoms with van der Waals surface area (Å²) in [4.78, 5) is 8.14. The van der Waals surface area contributed by atoms with Gasteiger partial charge in [0.2, 0.25) is 5.95 Å². The predicted octanol–water partition coefficient (Wildman–Crippen LogP) is 4.09. The van der Waals surface area contributed by atoms with Crippen molar-refractivity contribution in [1.82, 2.24) is 9.97 Å². The van der Waals surface area contributed by atoms with Crippen LogP contribution < -0.4 is 16.2 Å². The third-order valence-corrected chi connectivity index (χ3v) is 4.67. The normalized spacial score (nSPS) is 11.4. The Balaban J connectivity index is 2.01. The minimum absolute atomic E-state index is 0.0331. The second-order valence-corrected chi connectivity index (χ2v) is 6.73. The number of hydrogen-bond acceptors (Lipinski definition) is 5. The molecule has 1 heterocycles. The molecule has 0 bridgehead atoms. The van der Waals surface area contributed by atoms with E-state index in [4.69, 9.17) is 16.2 Å². The molecule has 0 aliphatic carbocycles. The number of hydrogen-bond donors (Lipinski definition) is 2. The second-order valence-electron chi connectivity index (χ2n) is 6.73. The van der Waals surface area contributed by atoms with Crippen LogP contribution in [0.3, 0.4) is 0 Å². The van der Waals surface area contributed by atoms with E-state index in [2.05, 4.69) is 46.9 Å². The van der Waals surface area contributed by atoms with E-state index in [0.29, 0.717) is 17.1 Å². The van der Waals surface area contributed by atoms with E-state index in [0.717, 1.165) is 16.9 Å². The fourth-order valence-electron chi connectivity index (χ4n) is 3.08. The summed E-state index contributed by atoms with van der Waals surface area (Å²) >= 11 is 0. The molecule has 0 aliphatic heterocycles. The van der Waals surface area contributed by atoms with Gasteiger partial charge in [0.25, 0.3) is 0 Å². The Labute approximate surface area is 165 Å². The van der Waals surface area contributed by atoms with Crippen molar-refractivity contribution in [3.63, 3.8) is 0 Å². The van der Waals surface area contributed by atoms with Crippen LogP contribution in [-0.4, -0.2) is 17.1 Å². The summed E-state index contributed by atoms with van der Waals surface area (Å²) in [7, 11) is 1.67. The summed E-state index contributed by atoms with van der Waals surface area (Å²) < 4.78 is 5.52. The first-order valence-corrected chi connectivity index (χ1v) is 9.05. The summed E-state index contributed by atoms with van der Waals surface area (Å²) in [5.41, 5.74) is 17.4. The van der Waals surface area contributed by atoms with Crippen LogP contribution in [0.1, 0.15) is 35.2 Å². The number of ether oxygens (including phenoxy) is 1. The minimum Gasteiger partial charge on any atom is -0.497 e. The lowest BCUT2D eigenvalue weighted by atomic mass is 9.94. The number of benzene rings is 2. The number of nitrogen functional groups attached to an aromatic ring is 2. The maximum atomic E-state index is 5.96. The number of aryl methyl sites for hydroxylation is 2. The van der Waals surface area contributed by atoms with Gasteiger partial charge in [0.05, 0.1) is 18.4 Å². The Morgan fingerprint density at radius 2 is 1.79 bits per heavy atom. The van der Waals surface area contributed by atoms with Crippen molar-refractivity contribution in [1.29, 1.82) is 0 Å². The van der Waals surface area contributed by atoms with Gasteiger partial charge in [-0.2, -0.15) is 4.98 Å². The number of rotatable bonds is 3. The smallest absolute Gasteiger partial charge is 0.222 e. The fraction of sp³-hybridized carbons (Fsp3) is 0.217. The van der Waals surface area contributed by atoms with Gasteiger partial charge in [0.15, 0.2) is 0 Å².